The molecule has 0 radical (unpaired) electrons. The van der Waals surface area contributed by atoms with Gasteiger partial charge in [-0.2, -0.15) is 0 Å². The van der Waals surface area contributed by atoms with Gasteiger partial charge in [-0.3, -0.25) is 0 Å². The maximum absolute atomic E-state index is 0. The summed E-state index contributed by atoms with van der Waals surface area (Å²) in [5.74, 6) is 0. The van der Waals surface area contributed by atoms with Crippen molar-refractivity contribution < 1.29 is 0 Å². The Morgan fingerprint density at radius 3 is 0.500 bits per heavy atom. The number of hydrogen-bond acceptors (Lipinski definition) is 0. The van der Waals surface area contributed by atoms with E-state index in [0.29, 0.717) is 0 Å². The Labute approximate surface area is 172 Å². The molecular weight excluding hydrogens is 239 g/mol. The quantitative estimate of drug-likeness (QED) is 0.396. The van der Waals surface area contributed by atoms with E-state index in [1.54, 1.807) is 0 Å². The SMILES string of the molecule is [KH].[KH].[KH].[SbH3]. The zero-order valence-corrected chi connectivity index (χ0v) is 4.74. The van der Waals surface area contributed by atoms with Crippen molar-refractivity contribution in [3.63, 3.8) is 0 Å². The van der Waals surface area contributed by atoms with Crippen molar-refractivity contribution >= 4 is 179 Å². The fourth-order valence-electron chi connectivity index (χ4n) is 0. The standard InChI is InChI=1S/3K.Sb.6H. The van der Waals surface area contributed by atoms with Crippen molar-refractivity contribution in [2.45, 2.75) is 0 Å². The molecule has 0 unspecified atom stereocenters. The molecule has 0 aromatic rings. The van der Waals surface area contributed by atoms with Gasteiger partial charge in [0.2, 0.25) is 0 Å². The maximum atomic E-state index is 0. The van der Waals surface area contributed by atoms with Gasteiger partial charge in [0.1, 0.15) is 0 Å². The molecule has 0 bridgehead atoms. The molecule has 0 saturated heterocycles. The third-order valence-electron chi connectivity index (χ3n) is 0. The molecule has 0 rings (SSSR count). The minimum absolute atomic E-state index is 0. The van der Waals surface area contributed by atoms with Gasteiger partial charge in [-0.25, -0.2) is 0 Å². The van der Waals surface area contributed by atoms with E-state index < -0.39 is 0 Å². The summed E-state index contributed by atoms with van der Waals surface area (Å²) in [4.78, 5) is 0. The number of hydrogen-bond donors (Lipinski definition) is 0. The van der Waals surface area contributed by atoms with Crippen LogP contribution in [0.5, 0.6) is 0 Å². The zero-order valence-electron chi connectivity index (χ0n) is 0.707. The van der Waals surface area contributed by atoms with Crippen LogP contribution in [0.15, 0.2) is 0 Å². The molecule has 4 heteroatoms. The van der Waals surface area contributed by atoms with Crippen molar-refractivity contribution in [1.82, 2.24) is 0 Å². The van der Waals surface area contributed by atoms with Crippen LogP contribution in [0.25, 0.3) is 0 Å². The fourth-order valence-corrected chi connectivity index (χ4v) is 0. The Balaban J connectivity index is 0. The summed E-state index contributed by atoms with van der Waals surface area (Å²) in [6, 6.07) is 0. The zero-order chi connectivity index (χ0) is 0. The molecule has 0 aliphatic heterocycles. The van der Waals surface area contributed by atoms with Crippen LogP contribution in [-0.4, -0.2) is 179 Å². The van der Waals surface area contributed by atoms with Crippen LogP contribution < -0.4 is 0 Å². The van der Waals surface area contributed by atoms with E-state index in [2.05, 4.69) is 0 Å². The van der Waals surface area contributed by atoms with Crippen LogP contribution in [0.2, 0.25) is 0 Å². The summed E-state index contributed by atoms with van der Waals surface area (Å²) in [7, 11) is 0. The van der Waals surface area contributed by atoms with Crippen molar-refractivity contribution in [2.75, 3.05) is 0 Å². The van der Waals surface area contributed by atoms with Crippen molar-refractivity contribution in [3.8, 4) is 0 Å². The van der Waals surface area contributed by atoms with E-state index >= 15 is 0 Å². The first kappa shape index (κ1) is 22.6. The summed E-state index contributed by atoms with van der Waals surface area (Å²) in [6.45, 7) is 0. The van der Waals surface area contributed by atoms with Gasteiger partial charge < -0.3 is 0 Å². The van der Waals surface area contributed by atoms with Crippen LogP contribution in [-0.2, 0) is 0 Å². The second-order valence-corrected chi connectivity index (χ2v) is 0. The molecular formula is H6K3Sb. The van der Waals surface area contributed by atoms with Gasteiger partial charge in [-0.15, -0.1) is 0 Å². The average molecular weight is 245 g/mol. The van der Waals surface area contributed by atoms with Crippen LogP contribution in [0.1, 0.15) is 0 Å². The van der Waals surface area contributed by atoms with Crippen molar-refractivity contribution in [1.29, 1.82) is 0 Å². The first-order valence-electron chi connectivity index (χ1n) is 0. The summed E-state index contributed by atoms with van der Waals surface area (Å²) < 4.78 is 0. The third kappa shape index (κ3) is 10.7. The van der Waals surface area contributed by atoms with Gasteiger partial charge in [-0.1, -0.05) is 0 Å². The van der Waals surface area contributed by atoms with Crippen LogP contribution >= 0.6 is 0 Å². The van der Waals surface area contributed by atoms with Gasteiger partial charge in [-0.05, 0) is 0 Å². The molecule has 4 heavy (non-hydrogen) atoms. The van der Waals surface area contributed by atoms with E-state index in [4.69, 9.17) is 0 Å². The van der Waals surface area contributed by atoms with Gasteiger partial charge in [0.15, 0.2) is 0 Å². The van der Waals surface area contributed by atoms with Crippen molar-refractivity contribution in [2.24, 2.45) is 0 Å². The molecule has 0 spiro atoms. The first-order chi connectivity index (χ1) is 0. The molecule has 0 aromatic heterocycles. The molecule has 0 heterocycles. The Morgan fingerprint density at radius 2 is 0.500 bits per heavy atom. The fraction of sp³-hybridized carbons (Fsp3) is 0. The van der Waals surface area contributed by atoms with Gasteiger partial charge in [0.05, 0.1) is 0 Å². The van der Waals surface area contributed by atoms with Gasteiger partial charge in [0.25, 0.3) is 0 Å². The summed E-state index contributed by atoms with van der Waals surface area (Å²) >= 11 is 0. The van der Waals surface area contributed by atoms with E-state index in [1.807, 2.05) is 0 Å². The van der Waals surface area contributed by atoms with Gasteiger partial charge >= 0.3 is 179 Å². The van der Waals surface area contributed by atoms with Crippen LogP contribution in [0.4, 0.5) is 0 Å². The average Bonchev–Trinajstić information content (AvgIpc) is 0. The van der Waals surface area contributed by atoms with E-state index in [1.165, 1.54) is 0 Å². The van der Waals surface area contributed by atoms with Gasteiger partial charge in [0, 0.05) is 0 Å². The monoisotopic (exact) mass is 244 g/mol. The molecule has 0 fully saturated rings. The summed E-state index contributed by atoms with van der Waals surface area (Å²) in [5, 5.41) is 0. The minimum atomic E-state index is 0. The van der Waals surface area contributed by atoms with Crippen LogP contribution in [0.3, 0.4) is 0 Å². The predicted octanol–water partition coefficient (Wildman–Crippen LogP) is -3.13. The molecule has 0 amide bonds. The molecule has 0 N–H and O–H groups in total. The topological polar surface area (TPSA) is 0 Å². The third-order valence-corrected chi connectivity index (χ3v) is 0. The molecule has 0 aromatic carbocycles. The molecule has 14 valence electrons. The summed E-state index contributed by atoms with van der Waals surface area (Å²) in [6.07, 6.45) is 0. The van der Waals surface area contributed by atoms with E-state index in [0.717, 1.165) is 0 Å². The molecule has 0 aliphatic carbocycles. The summed E-state index contributed by atoms with van der Waals surface area (Å²) in [5.41, 5.74) is 0. The molecule has 0 saturated carbocycles. The second kappa shape index (κ2) is 15.9. The Kier molecular flexibility index (Phi) is 89.7. The van der Waals surface area contributed by atoms with E-state index in [9.17, 15) is 0 Å². The predicted molar refractivity (Wildman–Crippen MR) is 31.4 cm³/mol. The number of rotatable bonds is 0. The molecule has 0 aliphatic rings. The van der Waals surface area contributed by atoms with Crippen LogP contribution in [0, 0.1) is 0 Å². The normalized spacial score (nSPS) is 0. The first-order valence-corrected chi connectivity index (χ1v) is 0. The van der Waals surface area contributed by atoms with Crippen molar-refractivity contribution in [3.05, 3.63) is 0 Å². The molecule has 0 nitrogen and oxygen atoms in total. The second-order valence-electron chi connectivity index (χ2n) is 0. The molecule has 0 atom stereocenters. The van der Waals surface area contributed by atoms with E-state index in [-0.39, 0.29) is 179 Å². The Morgan fingerprint density at radius 1 is 0.500 bits per heavy atom. The Hall–Kier alpha value is 5.73. The Bertz CT molecular complexity index is 3.25.